The summed E-state index contributed by atoms with van der Waals surface area (Å²) in [5.74, 6) is -3.75. The third kappa shape index (κ3) is 6.62. The number of carboxylic acid groups (broad SMARTS) is 1. The molecule has 7 nitrogen and oxygen atoms in total. The number of aliphatic imine (C=N–C) groups is 1. The first kappa shape index (κ1) is 16.1. The highest BCUT2D eigenvalue weighted by Crippen LogP contribution is 2.01. The minimum Gasteiger partial charge on any atom is -0.481 e. The zero-order chi connectivity index (χ0) is 14.0. The maximum absolute atomic E-state index is 11.5. The third-order valence-electron chi connectivity index (χ3n) is 1.79. The second kappa shape index (κ2) is 9.15. The van der Waals surface area contributed by atoms with Gasteiger partial charge < -0.3 is 14.6 Å². The van der Waals surface area contributed by atoms with Gasteiger partial charge in [-0.15, -0.1) is 0 Å². The molecule has 0 aliphatic carbocycles. The molecule has 0 saturated carbocycles. The zero-order valence-electron chi connectivity index (χ0n) is 10.4. The lowest BCUT2D eigenvalue weighted by Crippen LogP contribution is -2.29. The van der Waals surface area contributed by atoms with Crippen molar-refractivity contribution in [2.75, 3.05) is 19.8 Å². The summed E-state index contributed by atoms with van der Waals surface area (Å²) in [6, 6.07) is 0. The van der Waals surface area contributed by atoms with Crippen molar-refractivity contribution >= 4 is 24.1 Å². The normalized spacial score (nSPS) is 10.6. The van der Waals surface area contributed by atoms with E-state index in [1.807, 2.05) is 0 Å². The van der Waals surface area contributed by atoms with Crippen molar-refractivity contribution in [2.45, 2.75) is 20.3 Å². The second-order valence-electron chi connectivity index (χ2n) is 3.18. The number of carbonyl (C=O) groups is 3. The van der Waals surface area contributed by atoms with E-state index in [4.69, 9.17) is 14.6 Å². The average Bonchev–Trinajstić information content (AvgIpc) is 2.28. The van der Waals surface area contributed by atoms with Crippen molar-refractivity contribution in [3.05, 3.63) is 0 Å². The summed E-state index contributed by atoms with van der Waals surface area (Å²) in [6.45, 7) is 3.49. The Morgan fingerprint density at radius 2 is 1.67 bits per heavy atom. The first-order chi connectivity index (χ1) is 8.52. The van der Waals surface area contributed by atoms with Gasteiger partial charge in [-0.3, -0.25) is 19.4 Å². The molecule has 0 aliphatic rings. The van der Waals surface area contributed by atoms with Crippen LogP contribution in [0.2, 0.25) is 0 Å². The molecule has 0 spiro atoms. The van der Waals surface area contributed by atoms with Crippen LogP contribution in [0.1, 0.15) is 20.3 Å². The summed E-state index contributed by atoms with van der Waals surface area (Å²) < 4.78 is 9.40. The highest BCUT2D eigenvalue weighted by Gasteiger charge is 2.27. The lowest BCUT2D eigenvalue weighted by atomic mass is 10.2. The van der Waals surface area contributed by atoms with Crippen LogP contribution in [-0.2, 0) is 23.9 Å². The first-order valence-corrected chi connectivity index (χ1v) is 5.57. The molecule has 0 aromatic carbocycles. The average molecular weight is 259 g/mol. The molecule has 0 fully saturated rings. The zero-order valence-corrected chi connectivity index (χ0v) is 10.4. The highest BCUT2D eigenvalue weighted by atomic mass is 16.6. The predicted octanol–water partition coefficient (Wildman–Crippen LogP) is 0.274. The Balaban J connectivity index is 4.50. The maximum atomic E-state index is 11.5. The van der Waals surface area contributed by atoms with E-state index in [-0.39, 0.29) is 26.2 Å². The number of hydrogen-bond donors (Lipinski definition) is 1. The molecule has 7 heteroatoms. The Bertz CT molecular complexity index is 307. The van der Waals surface area contributed by atoms with Gasteiger partial charge in [0.1, 0.15) is 0 Å². The minimum atomic E-state index is -1.24. The number of hydrogen-bond acceptors (Lipinski definition) is 6. The monoisotopic (exact) mass is 259 g/mol. The predicted molar refractivity (Wildman–Crippen MR) is 62.4 cm³/mol. The van der Waals surface area contributed by atoms with Crippen LogP contribution in [0.5, 0.6) is 0 Å². The van der Waals surface area contributed by atoms with Gasteiger partial charge in [0.15, 0.2) is 5.92 Å². The number of ether oxygens (including phenoxy) is 2. The molecule has 102 valence electrons. The van der Waals surface area contributed by atoms with E-state index in [0.29, 0.717) is 0 Å². The van der Waals surface area contributed by atoms with E-state index in [1.54, 1.807) is 13.8 Å². The molecule has 0 saturated heterocycles. The van der Waals surface area contributed by atoms with E-state index < -0.39 is 23.8 Å². The van der Waals surface area contributed by atoms with Gasteiger partial charge in [-0.05, 0) is 13.8 Å². The van der Waals surface area contributed by atoms with Gasteiger partial charge in [0, 0.05) is 12.8 Å². The molecule has 0 aromatic rings. The topological polar surface area (TPSA) is 102 Å². The Morgan fingerprint density at radius 1 is 1.17 bits per heavy atom. The summed E-state index contributed by atoms with van der Waals surface area (Å²) in [5.41, 5.74) is 0. The van der Waals surface area contributed by atoms with Crippen molar-refractivity contribution in [3.63, 3.8) is 0 Å². The highest BCUT2D eigenvalue weighted by molar-refractivity contribution is 6.09. The number of rotatable bonds is 8. The number of aliphatic carboxylic acids is 1. The van der Waals surface area contributed by atoms with E-state index in [9.17, 15) is 14.4 Å². The SMILES string of the molecule is CCOC(=O)C(C=NCCC(=O)O)C(=O)OCC. The lowest BCUT2D eigenvalue weighted by Gasteiger charge is -2.09. The van der Waals surface area contributed by atoms with Gasteiger partial charge in [0.05, 0.1) is 19.6 Å². The number of carbonyl (C=O) groups excluding carboxylic acids is 2. The Labute approximate surface area is 105 Å². The van der Waals surface area contributed by atoms with E-state index in [1.165, 1.54) is 0 Å². The van der Waals surface area contributed by atoms with E-state index in [0.717, 1.165) is 6.21 Å². The molecule has 0 unspecified atom stereocenters. The van der Waals surface area contributed by atoms with Crippen LogP contribution < -0.4 is 0 Å². The summed E-state index contributed by atoms with van der Waals surface area (Å²) >= 11 is 0. The largest absolute Gasteiger partial charge is 0.481 e. The summed E-state index contributed by atoms with van der Waals surface area (Å²) in [6.07, 6.45) is 0.897. The standard InChI is InChI=1S/C11H17NO6/c1-3-17-10(15)8(11(16)18-4-2)7-12-6-5-9(13)14/h7-8H,3-6H2,1-2H3,(H,13,14). The van der Waals surface area contributed by atoms with Crippen molar-refractivity contribution in [2.24, 2.45) is 10.9 Å². The van der Waals surface area contributed by atoms with Crippen LogP contribution in [0.3, 0.4) is 0 Å². The summed E-state index contributed by atoms with van der Waals surface area (Å²) in [5, 5.41) is 8.41. The van der Waals surface area contributed by atoms with Crippen molar-refractivity contribution < 1.29 is 29.0 Å². The minimum absolute atomic E-state index is 0.00928. The van der Waals surface area contributed by atoms with Gasteiger partial charge in [0.25, 0.3) is 0 Å². The Morgan fingerprint density at radius 3 is 2.06 bits per heavy atom. The summed E-state index contributed by atoms with van der Waals surface area (Å²) in [4.78, 5) is 36.9. The number of nitrogens with zero attached hydrogens (tertiary/aromatic N) is 1. The molecular weight excluding hydrogens is 242 g/mol. The quantitative estimate of drug-likeness (QED) is 0.381. The molecule has 0 bridgehead atoms. The fourth-order valence-electron chi connectivity index (χ4n) is 1.02. The van der Waals surface area contributed by atoms with Crippen LogP contribution in [0, 0.1) is 5.92 Å². The van der Waals surface area contributed by atoms with Gasteiger partial charge in [0.2, 0.25) is 0 Å². The fraction of sp³-hybridized carbons (Fsp3) is 0.636. The molecule has 0 atom stereocenters. The Kier molecular flexibility index (Phi) is 8.17. The fourth-order valence-corrected chi connectivity index (χ4v) is 1.02. The maximum Gasteiger partial charge on any atom is 0.325 e. The third-order valence-corrected chi connectivity index (χ3v) is 1.79. The van der Waals surface area contributed by atoms with Crippen LogP contribution in [0.25, 0.3) is 0 Å². The molecule has 0 rings (SSSR count). The molecule has 1 N–H and O–H groups in total. The Hall–Kier alpha value is -1.92. The van der Waals surface area contributed by atoms with Crippen molar-refractivity contribution in [3.8, 4) is 0 Å². The van der Waals surface area contributed by atoms with Crippen LogP contribution in [0.4, 0.5) is 0 Å². The molecule has 0 radical (unpaired) electrons. The van der Waals surface area contributed by atoms with Crippen molar-refractivity contribution in [1.29, 1.82) is 0 Å². The molecular formula is C11H17NO6. The lowest BCUT2D eigenvalue weighted by molar-refractivity contribution is -0.157. The number of esters is 2. The van der Waals surface area contributed by atoms with Gasteiger partial charge in [-0.2, -0.15) is 0 Å². The molecule has 18 heavy (non-hydrogen) atoms. The number of carboxylic acids is 1. The molecule has 0 amide bonds. The van der Waals surface area contributed by atoms with E-state index in [2.05, 4.69) is 4.99 Å². The van der Waals surface area contributed by atoms with Crippen molar-refractivity contribution in [1.82, 2.24) is 0 Å². The van der Waals surface area contributed by atoms with Gasteiger partial charge in [-0.1, -0.05) is 0 Å². The van der Waals surface area contributed by atoms with E-state index >= 15 is 0 Å². The summed E-state index contributed by atoms with van der Waals surface area (Å²) in [7, 11) is 0. The first-order valence-electron chi connectivity index (χ1n) is 5.57. The van der Waals surface area contributed by atoms with Gasteiger partial charge in [-0.25, -0.2) is 0 Å². The molecule has 0 aromatic heterocycles. The van der Waals surface area contributed by atoms with Crippen LogP contribution in [-0.4, -0.2) is 49.0 Å². The molecule has 0 heterocycles. The van der Waals surface area contributed by atoms with Crippen LogP contribution in [0.15, 0.2) is 4.99 Å². The van der Waals surface area contributed by atoms with Gasteiger partial charge >= 0.3 is 17.9 Å². The van der Waals surface area contributed by atoms with Crippen LogP contribution >= 0.6 is 0 Å². The molecule has 0 aliphatic heterocycles. The smallest absolute Gasteiger partial charge is 0.325 e. The second-order valence-corrected chi connectivity index (χ2v) is 3.18.